The SMILES string of the molecule is NC(=NCCCc1nc2ccccc2[nH]1)Nc1ccccc1OC(F)(F)F. The van der Waals surface area contributed by atoms with Crippen LogP contribution in [-0.4, -0.2) is 28.8 Å². The van der Waals surface area contributed by atoms with Gasteiger partial charge in [-0.1, -0.05) is 24.3 Å². The molecule has 9 heteroatoms. The van der Waals surface area contributed by atoms with Gasteiger partial charge in [-0.05, 0) is 30.7 Å². The van der Waals surface area contributed by atoms with Crippen molar-refractivity contribution in [2.45, 2.75) is 19.2 Å². The minimum Gasteiger partial charge on any atom is -0.404 e. The van der Waals surface area contributed by atoms with Gasteiger partial charge < -0.3 is 20.8 Å². The molecule has 1 aromatic heterocycles. The molecular weight excluding hydrogens is 359 g/mol. The molecule has 142 valence electrons. The molecule has 0 atom stereocenters. The van der Waals surface area contributed by atoms with Crippen LogP contribution in [0.2, 0.25) is 0 Å². The van der Waals surface area contributed by atoms with Crippen LogP contribution in [0.4, 0.5) is 18.9 Å². The topological polar surface area (TPSA) is 88.3 Å². The summed E-state index contributed by atoms with van der Waals surface area (Å²) in [6, 6.07) is 13.4. The summed E-state index contributed by atoms with van der Waals surface area (Å²) in [5.74, 6) is 0.491. The van der Waals surface area contributed by atoms with Crippen molar-refractivity contribution in [1.29, 1.82) is 0 Å². The first kappa shape index (κ1) is 18.6. The van der Waals surface area contributed by atoms with E-state index in [1.807, 2.05) is 24.3 Å². The number of guanidine groups is 1. The lowest BCUT2D eigenvalue weighted by Crippen LogP contribution is -2.24. The number of nitrogens with two attached hydrogens (primary N) is 1. The first-order valence-corrected chi connectivity index (χ1v) is 8.26. The fourth-order valence-electron chi connectivity index (χ4n) is 2.53. The Hall–Kier alpha value is -3.23. The van der Waals surface area contributed by atoms with Crippen LogP contribution in [0.1, 0.15) is 12.2 Å². The van der Waals surface area contributed by atoms with Gasteiger partial charge in [0.25, 0.3) is 0 Å². The third-order valence-corrected chi connectivity index (χ3v) is 3.67. The molecule has 2 aromatic carbocycles. The molecule has 0 spiro atoms. The molecule has 3 aromatic rings. The lowest BCUT2D eigenvalue weighted by molar-refractivity contribution is -0.274. The number of para-hydroxylation sites is 4. The Morgan fingerprint density at radius 3 is 2.67 bits per heavy atom. The van der Waals surface area contributed by atoms with Crippen molar-refractivity contribution in [2.24, 2.45) is 10.7 Å². The summed E-state index contributed by atoms with van der Waals surface area (Å²) in [4.78, 5) is 11.8. The van der Waals surface area contributed by atoms with E-state index in [1.54, 1.807) is 6.07 Å². The molecule has 0 unspecified atom stereocenters. The highest BCUT2D eigenvalue weighted by molar-refractivity contribution is 5.93. The normalized spacial score (nSPS) is 12.3. The Bertz CT molecular complexity index is 903. The quantitative estimate of drug-likeness (QED) is 0.346. The molecule has 0 saturated carbocycles. The summed E-state index contributed by atoms with van der Waals surface area (Å²) >= 11 is 0. The first-order chi connectivity index (χ1) is 12.9. The summed E-state index contributed by atoms with van der Waals surface area (Å²) in [7, 11) is 0. The summed E-state index contributed by atoms with van der Waals surface area (Å²) in [5, 5.41) is 2.63. The highest BCUT2D eigenvalue weighted by Gasteiger charge is 2.32. The van der Waals surface area contributed by atoms with Crippen LogP contribution in [-0.2, 0) is 6.42 Å². The predicted octanol–water partition coefficient (Wildman–Crippen LogP) is 3.82. The smallest absolute Gasteiger partial charge is 0.404 e. The van der Waals surface area contributed by atoms with Gasteiger partial charge in [-0.3, -0.25) is 4.99 Å². The van der Waals surface area contributed by atoms with Crippen LogP contribution in [0.3, 0.4) is 0 Å². The first-order valence-electron chi connectivity index (χ1n) is 8.26. The minimum atomic E-state index is -4.78. The van der Waals surface area contributed by atoms with E-state index < -0.39 is 6.36 Å². The van der Waals surface area contributed by atoms with E-state index in [0.717, 1.165) is 16.9 Å². The van der Waals surface area contributed by atoms with Gasteiger partial charge in [0.2, 0.25) is 0 Å². The third-order valence-electron chi connectivity index (χ3n) is 3.67. The second-order valence-corrected chi connectivity index (χ2v) is 5.74. The Balaban J connectivity index is 1.54. The molecule has 6 nitrogen and oxygen atoms in total. The maximum absolute atomic E-state index is 12.4. The Labute approximate surface area is 153 Å². The minimum absolute atomic E-state index is 0.0119. The van der Waals surface area contributed by atoms with Crippen LogP contribution in [0.15, 0.2) is 53.5 Å². The van der Waals surface area contributed by atoms with Crippen molar-refractivity contribution in [2.75, 3.05) is 11.9 Å². The zero-order chi connectivity index (χ0) is 19.3. The maximum atomic E-state index is 12.4. The molecule has 0 radical (unpaired) electrons. The van der Waals surface area contributed by atoms with Crippen LogP contribution < -0.4 is 15.8 Å². The number of aryl methyl sites for hydroxylation is 1. The molecule has 0 aliphatic rings. The number of nitrogens with one attached hydrogen (secondary N) is 2. The van der Waals surface area contributed by atoms with E-state index in [0.29, 0.717) is 19.4 Å². The fraction of sp³-hybridized carbons (Fsp3) is 0.222. The van der Waals surface area contributed by atoms with Crippen molar-refractivity contribution in [1.82, 2.24) is 9.97 Å². The lowest BCUT2D eigenvalue weighted by atomic mass is 10.3. The summed E-state index contributed by atoms with van der Waals surface area (Å²) in [6.07, 6.45) is -3.42. The van der Waals surface area contributed by atoms with E-state index >= 15 is 0 Å². The van der Waals surface area contributed by atoms with Gasteiger partial charge in [0.1, 0.15) is 5.82 Å². The monoisotopic (exact) mass is 377 g/mol. The van der Waals surface area contributed by atoms with Gasteiger partial charge in [0.05, 0.1) is 16.7 Å². The van der Waals surface area contributed by atoms with Crippen molar-refractivity contribution in [3.05, 3.63) is 54.4 Å². The number of anilines is 1. The number of nitrogens with zero attached hydrogens (tertiary/aromatic N) is 2. The number of H-pyrrole nitrogens is 1. The molecule has 1 heterocycles. The van der Waals surface area contributed by atoms with Crippen LogP contribution in [0.25, 0.3) is 11.0 Å². The molecule has 0 saturated heterocycles. The molecule has 0 aliphatic carbocycles. The molecule has 27 heavy (non-hydrogen) atoms. The molecule has 0 bridgehead atoms. The maximum Gasteiger partial charge on any atom is 0.573 e. The zero-order valence-corrected chi connectivity index (χ0v) is 14.3. The number of alkyl halides is 3. The zero-order valence-electron chi connectivity index (χ0n) is 14.3. The summed E-state index contributed by atoms with van der Waals surface area (Å²) in [6.45, 7) is 0.401. The number of hydrogen-bond donors (Lipinski definition) is 3. The van der Waals surface area contributed by atoms with E-state index in [4.69, 9.17) is 5.73 Å². The van der Waals surface area contributed by atoms with Gasteiger partial charge in [-0.15, -0.1) is 13.2 Å². The number of aromatic amines is 1. The van der Waals surface area contributed by atoms with E-state index in [9.17, 15) is 13.2 Å². The second-order valence-electron chi connectivity index (χ2n) is 5.74. The number of rotatable bonds is 6. The average molecular weight is 377 g/mol. The second kappa shape index (κ2) is 7.98. The Morgan fingerprint density at radius 2 is 1.89 bits per heavy atom. The number of halogens is 3. The van der Waals surface area contributed by atoms with Crippen LogP contribution in [0.5, 0.6) is 5.75 Å². The van der Waals surface area contributed by atoms with Gasteiger partial charge in [0, 0.05) is 13.0 Å². The van der Waals surface area contributed by atoms with Gasteiger partial charge >= 0.3 is 6.36 Å². The highest BCUT2D eigenvalue weighted by Crippen LogP contribution is 2.29. The fourth-order valence-corrected chi connectivity index (χ4v) is 2.53. The molecule has 0 aliphatic heterocycles. The summed E-state index contributed by atoms with van der Waals surface area (Å²) in [5.41, 5.74) is 7.72. The Morgan fingerprint density at radius 1 is 1.15 bits per heavy atom. The molecule has 3 rings (SSSR count). The van der Waals surface area contributed by atoms with Crippen LogP contribution in [0, 0.1) is 0 Å². The Kier molecular flexibility index (Phi) is 5.49. The van der Waals surface area contributed by atoms with Crippen molar-refractivity contribution < 1.29 is 17.9 Å². The van der Waals surface area contributed by atoms with Crippen molar-refractivity contribution in [3.63, 3.8) is 0 Å². The van der Waals surface area contributed by atoms with Crippen molar-refractivity contribution >= 4 is 22.7 Å². The largest absolute Gasteiger partial charge is 0.573 e. The molecule has 0 amide bonds. The number of ether oxygens (including phenoxy) is 1. The van der Waals surface area contributed by atoms with E-state index in [-0.39, 0.29) is 17.4 Å². The molecule has 0 fully saturated rings. The third kappa shape index (κ3) is 5.37. The lowest BCUT2D eigenvalue weighted by Gasteiger charge is -2.14. The highest BCUT2D eigenvalue weighted by atomic mass is 19.4. The standard InChI is InChI=1S/C18H18F3N5O/c19-18(20,21)27-15-9-4-3-8-14(15)26-17(22)23-11-5-10-16-24-12-6-1-2-7-13(12)25-16/h1-4,6-9H,5,10-11H2,(H,24,25)(H3,22,23,26). The number of fused-ring (bicyclic) bond motifs is 1. The van der Waals surface area contributed by atoms with Gasteiger partial charge in [0.15, 0.2) is 11.7 Å². The number of aromatic nitrogens is 2. The van der Waals surface area contributed by atoms with Crippen LogP contribution >= 0.6 is 0 Å². The number of hydrogen-bond acceptors (Lipinski definition) is 3. The van der Waals surface area contributed by atoms with Gasteiger partial charge in [-0.2, -0.15) is 0 Å². The van der Waals surface area contributed by atoms with E-state index in [1.165, 1.54) is 18.2 Å². The average Bonchev–Trinajstić information content (AvgIpc) is 3.02. The number of imidazole rings is 1. The van der Waals surface area contributed by atoms with E-state index in [2.05, 4.69) is 25.0 Å². The number of aliphatic imine (C=N–C) groups is 1. The molecular formula is C18H18F3N5O. The number of benzene rings is 2. The summed E-state index contributed by atoms with van der Waals surface area (Å²) < 4.78 is 41.2. The van der Waals surface area contributed by atoms with Crippen molar-refractivity contribution in [3.8, 4) is 5.75 Å². The predicted molar refractivity (Wildman–Crippen MR) is 97.7 cm³/mol. The molecule has 4 N–H and O–H groups in total. The van der Waals surface area contributed by atoms with Gasteiger partial charge in [-0.25, -0.2) is 4.98 Å².